The molecule has 0 unspecified atom stereocenters. The Labute approximate surface area is 900 Å². The third-order valence-corrected chi connectivity index (χ3v) is 33.2. The first-order valence-electron chi connectivity index (χ1n) is 61.7. The second kappa shape index (κ2) is 46.1. The summed E-state index contributed by atoms with van der Waals surface area (Å²) in [6.45, 7) is 24.1. The Morgan fingerprint density at radius 1 is 0.308 bits per heavy atom. The third kappa shape index (κ3) is 24.4. The van der Waals surface area contributed by atoms with Gasteiger partial charge in [0.15, 0.2) is 0 Å². The number of phenols is 1. The Balaban J connectivity index is 0.000000699. The molecule has 23 heteroatoms. The number of methoxy groups -OCH3 is 7. The molecule has 0 radical (unpaired) electrons. The molecule has 146 heavy (non-hydrogen) atoms. The van der Waals surface area contributed by atoms with E-state index in [4.69, 9.17) is 98.5 Å². The van der Waals surface area contributed by atoms with Gasteiger partial charge in [0.2, 0.25) is 0 Å². The Kier molecular flexibility index (Phi) is 30.1. The van der Waals surface area contributed by atoms with Crippen LogP contribution in [0.2, 0.25) is 0 Å². The number of aryl methyl sites for hydroxylation is 3. The highest BCUT2D eigenvalue weighted by Gasteiger charge is 2.45. The predicted molar refractivity (Wildman–Crippen MR) is 586 cm³/mol. The summed E-state index contributed by atoms with van der Waals surface area (Å²) in [5.74, 6) is 0.773. The standard InChI is InChI=1S/2C34H38F2O4.2C21H23ClF2O.C13H16O3.12H2/c2*1-33(2)13-6-7-28(33)26-15-22(31(36)18-25(26)27-16-23(38-4)10-11-30(27)35)20-40-24-9-8-21-12-14-34(3,29(21)17-24)19-32(37)39-5;2*1-21(2)8-4-5-18(21)16-9-13(12-22)20(24)11-15(16)17-10-14(25-3)6-7-19(17)23;1-13(8-12(15)16-2)6-5-9-3-4-10(14)7-11(9)13;;;;;;;;;;;;/h2*8-11,15-18,28H,6-7,12-14,19-20H2,1-5H3;2*6-7,9-11,18H,4-5,8,12H2,1-3H3;3-4,7,14H,5-6,8H2,1-2H3;12*1H/t28-,34+;28-,34-;2*18-;13-;;;;;;;;;;;;/m01101............/s1/i;;;;;11*1+2T;1+2. The van der Waals surface area contributed by atoms with Gasteiger partial charge in [0.05, 0.1) is 80.8 Å². The van der Waals surface area contributed by atoms with Gasteiger partial charge in [-0.3, -0.25) is 14.4 Å². The molecule has 0 bridgehead atoms. The van der Waals surface area contributed by atoms with Gasteiger partial charge in [-0.2, -0.15) is 0 Å². The van der Waals surface area contributed by atoms with Crippen molar-refractivity contribution in [3.05, 3.63) is 300 Å². The van der Waals surface area contributed by atoms with E-state index >= 15 is 17.6 Å². The molecule has 11 aromatic rings. The summed E-state index contributed by atoms with van der Waals surface area (Å²) in [5.41, 5.74) is 15.6. The van der Waals surface area contributed by atoms with Gasteiger partial charge in [-0.05, 0) is 359 Å². The number of ether oxygens (including phenoxy) is 9. The van der Waals surface area contributed by atoms with Gasteiger partial charge in [0.1, 0.15) is 100.0 Å². The summed E-state index contributed by atoms with van der Waals surface area (Å²) in [6.07, 6.45) is 19.0. The number of halogens is 10. The molecular formula is C123H162Cl2F8O13. The molecule has 0 saturated heterocycles. The molecule has 4 saturated carbocycles. The molecule has 18 rings (SSSR count). The number of hydrogen-bond donors (Lipinski definition) is 1. The van der Waals surface area contributed by atoms with Gasteiger partial charge in [0.25, 0.3) is 0 Å². The summed E-state index contributed by atoms with van der Waals surface area (Å²) in [7, 11) is 10.4. The Morgan fingerprint density at radius 3 is 0.801 bits per heavy atom. The van der Waals surface area contributed by atoms with Crippen LogP contribution in [0.4, 0.5) is 35.1 Å². The number of hydrogen-bond acceptors (Lipinski definition) is 13. The number of carbonyl (C=O) groups is 3. The predicted octanol–water partition coefficient (Wildman–Crippen LogP) is 35.0. The molecule has 7 atom stereocenters. The number of esters is 3. The number of aromatic hydroxyl groups is 1. The van der Waals surface area contributed by atoms with Gasteiger partial charge < -0.3 is 47.7 Å². The van der Waals surface area contributed by atoms with Crippen LogP contribution in [-0.2, 0) is 89.1 Å². The minimum atomic E-state index is -0.437. The van der Waals surface area contributed by atoms with E-state index < -0.39 is 34.9 Å². The molecule has 802 valence electrons. The van der Waals surface area contributed by atoms with Crippen LogP contribution in [0, 0.1) is 68.2 Å². The molecule has 0 heterocycles. The summed E-state index contributed by atoms with van der Waals surface area (Å²) in [6, 6.07) is 48.7. The van der Waals surface area contributed by atoms with Crippen molar-refractivity contribution < 1.29 is 131 Å². The minimum absolute atomic E-state index is 0. The maximum atomic E-state index is 15.7. The van der Waals surface area contributed by atoms with E-state index in [9.17, 15) is 37.1 Å². The monoisotopic (exact) mass is 2120 g/mol. The van der Waals surface area contributed by atoms with Crippen molar-refractivity contribution in [3.8, 4) is 84.8 Å². The molecule has 7 aliphatic carbocycles. The average Bonchev–Trinajstić information content (AvgIpc) is 1.24. The topological polar surface area (TPSA) is 155 Å². The van der Waals surface area contributed by atoms with Crippen LogP contribution in [0.1, 0.15) is 327 Å². The lowest BCUT2D eigenvalue weighted by Gasteiger charge is -2.30. The minimum Gasteiger partial charge on any atom is -0.508 e. The smallest absolute Gasteiger partial charge is 0.306 e. The lowest BCUT2D eigenvalue weighted by Crippen LogP contribution is -2.23. The molecule has 0 aromatic heterocycles. The van der Waals surface area contributed by atoms with Gasteiger partial charge >= 0.3 is 17.9 Å². The van der Waals surface area contributed by atoms with Gasteiger partial charge in [-0.1, -0.05) is 132 Å². The van der Waals surface area contributed by atoms with Crippen molar-refractivity contribution in [1.82, 2.24) is 0 Å². The molecular weight excluding hydrogens is 1910 g/mol. The molecule has 7 aliphatic rings. The van der Waals surface area contributed by atoms with Crippen molar-refractivity contribution in [3.63, 3.8) is 0 Å². The second-order valence-electron chi connectivity index (χ2n) is 44.0. The van der Waals surface area contributed by atoms with Crippen LogP contribution in [0.3, 0.4) is 0 Å². The van der Waals surface area contributed by atoms with E-state index in [2.05, 4.69) is 76.2 Å². The zero-order valence-corrected chi connectivity index (χ0v) is 88.9. The van der Waals surface area contributed by atoms with Crippen LogP contribution in [-0.4, -0.2) is 72.8 Å². The molecule has 0 aliphatic heterocycles. The SMILES string of the molecule is COC(=O)C[C@@]1(C)CCc2ccc(O)cc21.COC(=O)C[C@@]1(C)CCc2ccc(OCc3cc([C@@H]4CCCC4(C)C)c(-c4cc(OC)ccc4F)cc3F)cc21.COC(=O)C[C@@]1(C)CCc2ccc(OCc3cc([C@H]4CCCC4(C)C)c(-c4cc(OC)ccc4F)cc3F)cc21.COc1ccc(F)c(-c2cc(F)c(CCl)cc2[C@@H]2CCCC2(C)C)c1.COc1ccc(F)c(-c2cc(F)c(CCl)cc2[C@H]2CCCC2(C)C)c1.[3HH].[3H][3H].[3H][3H].[3H][3H].[3H][3H].[3H][3H].[3H][3H].[3H][3H].[3H][3H].[3H][3H].[3H][3H].[3H][3H]. The van der Waals surface area contributed by atoms with Crippen molar-refractivity contribution >= 4 is 41.1 Å². The highest BCUT2D eigenvalue weighted by Crippen LogP contribution is 2.58. The molecule has 0 amide bonds. The molecule has 0 spiro atoms. The van der Waals surface area contributed by atoms with Crippen LogP contribution in [0.25, 0.3) is 44.5 Å². The van der Waals surface area contributed by atoms with Crippen molar-refractivity contribution in [2.45, 2.75) is 276 Å². The first-order chi connectivity index (χ1) is 80.4. The number of fused-ring (bicyclic) bond motifs is 3. The van der Waals surface area contributed by atoms with E-state index in [1.165, 1.54) is 115 Å². The largest absolute Gasteiger partial charge is 0.508 e. The maximum Gasteiger partial charge on any atom is 0.306 e. The van der Waals surface area contributed by atoms with Crippen molar-refractivity contribution in [2.75, 3.05) is 49.8 Å². The summed E-state index contributed by atoms with van der Waals surface area (Å²) in [4.78, 5) is 35.5. The normalized spacial score (nSPS) is 21.3. The Bertz CT molecular complexity index is 6360. The van der Waals surface area contributed by atoms with Crippen molar-refractivity contribution in [1.29, 1.82) is 0 Å². The van der Waals surface area contributed by atoms with Crippen molar-refractivity contribution in [2.24, 2.45) is 21.7 Å². The van der Waals surface area contributed by atoms with E-state index in [1.807, 2.05) is 66.7 Å². The van der Waals surface area contributed by atoms with Crippen LogP contribution >= 0.6 is 23.2 Å². The number of carbonyl (C=O) groups excluding carboxylic acids is 3. The fourth-order valence-corrected chi connectivity index (χ4v) is 24.3. The van der Waals surface area contributed by atoms with E-state index in [0.29, 0.717) is 121 Å². The highest BCUT2D eigenvalue weighted by atomic mass is 35.5. The first kappa shape index (κ1) is 95.4. The van der Waals surface area contributed by atoms with Gasteiger partial charge in [-0.15, -0.1) is 23.2 Å². The molecule has 13 nitrogen and oxygen atoms in total. The first-order valence-corrected chi connectivity index (χ1v) is 51.8. The summed E-state index contributed by atoms with van der Waals surface area (Å²) < 4.78 is 278. The fourth-order valence-electron chi connectivity index (χ4n) is 23.9. The quantitative estimate of drug-likeness (QED) is 0.0237. The fraction of sp³-hybridized carbons (Fsp3) is 0.439. The van der Waals surface area contributed by atoms with E-state index in [0.717, 1.165) is 155 Å². The van der Waals surface area contributed by atoms with Gasteiger partial charge in [-0.25, -0.2) is 35.1 Å². The zero-order valence-electron chi connectivity index (χ0n) is 109. The van der Waals surface area contributed by atoms with Crippen LogP contribution in [0.15, 0.2) is 176 Å². The summed E-state index contributed by atoms with van der Waals surface area (Å²) in [5, 5.41) is 9.50. The van der Waals surface area contributed by atoms with E-state index in [-0.39, 0.29) is 123 Å². The number of rotatable bonds is 26. The van der Waals surface area contributed by atoms with E-state index in [1.54, 1.807) is 60.7 Å². The lowest BCUT2D eigenvalue weighted by atomic mass is 9.75. The Morgan fingerprint density at radius 2 is 0.555 bits per heavy atom. The molecule has 4 fully saturated rings. The number of alkyl halides is 2. The van der Waals surface area contributed by atoms with Gasteiger partial charge in [0, 0.05) is 94.8 Å². The second-order valence-corrected chi connectivity index (χ2v) is 44.5. The third-order valence-electron chi connectivity index (χ3n) is 32.7. The lowest BCUT2D eigenvalue weighted by molar-refractivity contribution is -0.143. The highest BCUT2D eigenvalue weighted by molar-refractivity contribution is 6.17. The molecule has 11 aromatic carbocycles. The zero-order chi connectivity index (χ0) is 127. The number of phenolic OH excluding ortho intramolecular Hbond substituents is 1. The average molecular weight is 2120 g/mol. The van der Waals surface area contributed by atoms with Crippen LogP contribution < -0.4 is 28.4 Å². The number of benzene rings is 11. The van der Waals surface area contributed by atoms with Crippen LogP contribution in [0.5, 0.6) is 40.2 Å². The molecule has 1 N–H and O–H groups in total. The maximum absolute atomic E-state index is 15.7. The Hall–Kier alpha value is -11.6. The summed E-state index contributed by atoms with van der Waals surface area (Å²) >= 11 is 11.9.